The normalized spacial score (nSPS) is 13.2. The van der Waals surface area contributed by atoms with Crippen LogP contribution in [0.25, 0.3) is 0 Å². The van der Waals surface area contributed by atoms with Crippen LogP contribution < -0.4 is 5.32 Å². The van der Waals surface area contributed by atoms with Gasteiger partial charge in [-0.15, -0.1) is 0 Å². The SMILES string of the molecule is CCC/C=C\C/C=C\CCCCCCCC(=O)OCCCCC/C=C\C=C/CCCCCCCCCCCCC(=O)NC(CO)C(O)/C=C/CCCCCCCCC. The van der Waals surface area contributed by atoms with Crippen LogP contribution in [0.5, 0.6) is 0 Å². The smallest absolute Gasteiger partial charge is 0.305 e. The Hall–Kier alpha value is -2.44. The topological polar surface area (TPSA) is 95.9 Å². The third kappa shape index (κ3) is 43.1. The van der Waals surface area contributed by atoms with E-state index in [1.54, 1.807) is 6.08 Å². The van der Waals surface area contributed by atoms with Crippen LogP contribution in [0, 0.1) is 0 Å². The van der Waals surface area contributed by atoms with Crippen molar-refractivity contribution < 1.29 is 24.5 Å². The predicted molar refractivity (Wildman–Crippen MR) is 250 cm³/mol. The molecule has 6 nitrogen and oxygen atoms in total. The van der Waals surface area contributed by atoms with E-state index < -0.39 is 12.1 Å². The minimum absolute atomic E-state index is 0.0311. The molecule has 0 aromatic carbocycles. The van der Waals surface area contributed by atoms with Crippen molar-refractivity contribution in [1.82, 2.24) is 5.32 Å². The Morgan fingerprint density at radius 1 is 0.500 bits per heavy atom. The maximum atomic E-state index is 12.4. The Balaban J connectivity index is 3.51. The molecule has 0 heterocycles. The van der Waals surface area contributed by atoms with Gasteiger partial charge >= 0.3 is 5.97 Å². The van der Waals surface area contributed by atoms with E-state index in [2.05, 4.69) is 67.8 Å². The molecule has 0 saturated carbocycles. The van der Waals surface area contributed by atoms with Crippen molar-refractivity contribution in [2.24, 2.45) is 0 Å². The summed E-state index contributed by atoms with van der Waals surface area (Å²) in [4.78, 5) is 24.3. The fourth-order valence-electron chi connectivity index (χ4n) is 6.95. The van der Waals surface area contributed by atoms with Gasteiger partial charge in [0.1, 0.15) is 0 Å². The highest BCUT2D eigenvalue weighted by atomic mass is 16.5. The van der Waals surface area contributed by atoms with E-state index in [1.807, 2.05) is 6.08 Å². The fourth-order valence-corrected chi connectivity index (χ4v) is 6.95. The highest BCUT2D eigenvalue weighted by Gasteiger charge is 2.18. The number of hydrogen-bond acceptors (Lipinski definition) is 5. The lowest BCUT2D eigenvalue weighted by Crippen LogP contribution is -2.45. The summed E-state index contributed by atoms with van der Waals surface area (Å²) in [6.07, 6.45) is 59.4. The molecule has 0 bridgehead atoms. The van der Waals surface area contributed by atoms with Gasteiger partial charge in [0.25, 0.3) is 0 Å². The molecule has 0 aromatic heterocycles. The lowest BCUT2D eigenvalue weighted by molar-refractivity contribution is -0.143. The zero-order chi connectivity index (χ0) is 42.3. The number of amides is 1. The average molecular weight is 812 g/mol. The number of nitrogens with one attached hydrogen (secondary N) is 1. The van der Waals surface area contributed by atoms with Crippen molar-refractivity contribution in [3.05, 3.63) is 60.8 Å². The molecule has 0 aliphatic carbocycles. The Morgan fingerprint density at radius 3 is 1.48 bits per heavy atom. The number of hydrogen-bond donors (Lipinski definition) is 3. The molecule has 0 saturated heterocycles. The maximum Gasteiger partial charge on any atom is 0.305 e. The van der Waals surface area contributed by atoms with Gasteiger partial charge in [0.2, 0.25) is 5.91 Å². The summed E-state index contributed by atoms with van der Waals surface area (Å²) in [6.45, 7) is 4.74. The molecule has 0 spiro atoms. The van der Waals surface area contributed by atoms with Gasteiger partial charge in [0.15, 0.2) is 0 Å². The molecule has 0 aliphatic heterocycles. The number of allylic oxidation sites excluding steroid dienone is 9. The van der Waals surface area contributed by atoms with Gasteiger partial charge in [0.05, 0.1) is 25.4 Å². The summed E-state index contributed by atoms with van der Waals surface area (Å²) >= 11 is 0. The number of carbonyl (C=O) groups excluding carboxylic acids is 2. The van der Waals surface area contributed by atoms with E-state index in [4.69, 9.17) is 4.74 Å². The fraction of sp³-hybridized carbons (Fsp3) is 0.769. The number of esters is 1. The second-order valence-corrected chi connectivity index (χ2v) is 16.5. The average Bonchev–Trinajstić information content (AvgIpc) is 3.22. The van der Waals surface area contributed by atoms with Gasteiger partial charge in [-0.25, -0.2) is 0 Å². The minimum atomic E-state index is -0.850. The highest BCUT2D eigenvalue weighted by molar-refractivity contribution is 5.76. The van der Waals surface area contributed by atoms with Crippen LogP contribution in [0.3, 0.4) is 0 Å². The lowest BCUT2D eigenvalue weighted by Gasteiger charge is -2.20. The number of aliphatic hydroxyl groups is 2. The van der Waals surface area contributed by atoms with E-state index in [1.165, 1.54) is 116 Å². The Labute approximate surface area is 358 Å². The Bertz CT molecular complexity index is 1030. The Morgan fingerprint density at radius 2 is 0.948 bits per heavy atom. The number of carbonyl (C=O) groups is 2. The first kappa shape index (κ1) is 55.6. The molecule has 3 N–H and O–H groups in total. The molecular formula is C52H93NO5. The van der Waals surface area contributed by atoms with Crippen LogP contribution in [0.1, 0.15) is 232 Å². The molecule has 0 aromatic rings. The summed E-state index contributed by atoms with van der Waals surface area (Å²) in [5.41, 5.74) is 0. The first-order chi connectivity index (χ1) is 28.5. The van der Waals surface area contributed by atoms with Crippen molar-refractivity contribution in [1.29, 1.82) is 0 Å². The maximum absolute atomic E-state index is 12.4. The van der Waals surface area contributed by atoms with Crippen LogP contribution in [0.2, 0.25) is 0 Å². The molecular weight excluding hydrogens is 719 g/mol. The zero-order valence-electron chi connectivity index (χ0n) is 38.0. The first-order valence-corrected chi connectivity index (χ1v) is 24.6. The van der Waals surface area contributed by atoms with Gasteiger partial charge in [-0.3, -0.25) is 9.59 Å². The zero-order valence-corrected chi connectivity index (χ0v) is 38.0. The largest absolute Gasteiger partial charge is 0.466 e. The van der Waals surface area contributed by atoms with Crippen molar-refractivity contribution >= 4 is 11.9 Å². The molecule has 0 fully saturated rings. The van der Waals surface area contributed by atoms with Crippen LogP contribution in [-0.4, -0.2) is 47.4 Å². The van der Waals surface area contributed by atoms with E-state index in [-0.39, 0.29) is 18.5 Å². The third-order valence-corrected chi connectivity index (χ3v) is 10.8. The molecule has 0 aliphatic rings. The lowest BCUT2D eigenvalue weighted by atomic mass is 10.0. The van der Waals surface area contributed by atoms with Crippen molar-refractivity contribution in [2.45, 2.75) is 244 Å². The van der Waals surface area contributed by atoms with E-state index in [0.717, 1.165) is 89.9 Å². The van der Waals surface area contributed by atoms with Gasteiger partial charge in [-0.1, -0.05) is 190 Å². The summed E-state index contributed by atoms with van der Waals surface area (Å²) in [5.74, 6) is -0.114. The number of rotatable bonds is 44. The number of aliphatic hydroxyl groups excluding tert-OH is 2. The van der Waals surface area contributed by atoms with E-state index in [9.17, 15) is 19.8 Å². The Kier molecular flexibility index (Phi) is 45.3. The van der Waals surface area contributed by atoms with E-state index in [0.29, 0.717) is 19.4 Å². The van der Waals surface area contributed by atoms with Crippen LogP contribution in [-0.2, 0) is 14.3 Å². The van der Waals surface area contributed by atoms with E-state index >= 15 is 0 Å². The summed E-state index contributed by atoms with van der Waals surface area (Å²) < 4.78 is 5.42. The van der Waals surface area contributed by atoms with Crippen LogP contribution in [0.4, 0.5) is 0 Å². The molecule has 0 rings (SSSR count). The monoisotopic (exact) mass is 812 g/mol. The first-order valence-electron chi connectivity index (χ1n) is 24.6. The molecule has 58 heavy (non-hydrogen) atoms. The summed E-state index contributed by atoms with van der Waals surface area (Å²) in [7, 11) is 0. The second kappa shape index (κ2) is 47.2. The van der Waals surface area contributed by atoms with Gasteiger partial charge in [0, 0.05) is 12.8 Å². The molecule has 6 heteroatoms. The van der Waals surface area contributed by atoms with Crippen molar-refractivity contribution in [3.8, 4) is 0 Å². The molecule has 0 radical (unpaired) electrons. The second-order valence-electron chi connectivity index (χ2n) is 16.5. The molecule has 2 unspecified atom stereocenters. The third-order valence-electron chi connectivity index (χ3n) is 10.8. The minimum Gasteiger partial charge on any atom is -0.466 e. The molecule has 1 amide bonds. The molecule has 336 valence electrons. The van der Waals surface area contributed by atoms with Crippen molar-refractivity contribution in [2.75, 3.05) is 13.2 Å². The highest BCUT2D eigenvalue weighted by Crippen LogP contribution is 2.14. The predicted octanol–water partition coefficient (Wildman–Crippen LogP) is 14.5. The van der Waals surface area contributed by atoms with Crippen LogP contribution >= 0.6 is 0 Å². The van der Waals surface area contributed by atoms with Gasteiger partial charge in [-0.2, -0.15) is 0 Å². The summed E-state index contributed by atoms with van der Waals surface area (Å²) in [6, 6.07) is -0.634. The quantitative estimate of drug-likeness (QED) is 0.0246. The number of ether oxygens (including phenoxy) is 1. The van der Waals surface area contributed by atoms with Gasteiger partial charge < -0.3 is 20.3 Å². The van der Waals surface area contributed by atoms with Crippen molar-refractivity contribution in [3.63, 3.8) is 0 Å². The van der Waals surface area contributed by atoms with Crippen LogP contribution in [0.15, 0.2) is 60.8 Å². The summed E-state index contributed by atoms with van der Waals surface area (Å²) in [5, 5.41) is 22.9. The van der Waals surface area contributed by atoms with Gasteiger partial charge in [-0.05, 0) is 89.9 Å². The molecule has 2 atom stereocenters. The standard InChI is InChI=1S/C52H93NO5/c1-3-5-7-9-11-13-14-22-26-30-34-38-42-46-52(57)58-47-43-39-35-31-27-24-21-19-17-15-16-18-20-23-25-29-33-37-41-45-51(56)53-49(48-54)50(55)44-40-36-32-28-12-10-8-6-4-2/h7,9,13-14,19,21,24,27,40,44,49-50,54-55H,3-6,8,10-12,15-18,20,22-23,25-26,28-39,41-43,45-48H2,1-2H3,(H,53,56)/b9-7-,14-13-,21-19-,27-24-,44-40+. The number of unbranched alkanes of at least 4 members (excludes halogenated alkanes) is 26.